The first-order chi connectivity index (χ1) is 17.1. The summed E-state index contributed by atoms with van der Waals surface area (Å²) in [6.07, 6.45) is 9.79. The van der Waals surface area contributed by atoms with E-state index in [0.717, 1.165) is 67.6 Å². The molecular weight excluding hydrogens is 442 g/mol. The summed E-state index contributed by atoms with van der Waals surface area (Å²) in [5.74, 6) is 4.79. The van der Waals surface area contributed by atoms with Crippen LogP contribution in [0.15, 0.2) is 42.7 Å². The molecule has 1 aromatic heterocycles. The fourth-order valence-corrected chi connectivity index (χ4v) is 4.98. The lowest BCUT2D eigenvalue weighted by Crippen LogP contribution is -2.34. The van der Waals surface area contributed by atoms with Crippen molar-refractivity contribution in [3.63, 3.8) is 0 Å². The van der Waals surface area contributed by atoms with Crippen molar-refractivity contribution in [1.29, 1.82) is 0 Å². The Kier molecular flexibility index (Phi) is 6.43. The molecule has 2 N–H and O–H groups in total. The molecule has 2 aliphatic rings. The van der Waals surface area contributed by atoms with Gasteiger partial charge in [-0.2, -0.15) is 0 Å². The molecule has 1 amide bonds. The van der Waals surface area contributed by atoms with E-state index < -0.39 is 0 Å². The standard InChI is InChI=1S/C27H29N5O3/c1-3-19-6-4-7-20(14-19)31-25-21-15-24(23(34-2)16-22(21)29-18-30-25)35-13-5-11-32-12-9-27(17-32)8-10-28-26(27)33/h1,4,6-7,14-16,18H,5,8-13,17H2,2H3,(H,28,33)(H,29,30,31). The third-order valence-corrected chi connectivity index (χ3v) is 6.89. The lowest BCUT2D eigenvalue weighted by atomic mass is 9.86. The van der Waals surface area contributed by atoms with Crippen LogP contribution in [0.4, 0.5) is 11.5 Å². The van der Waals surface area contributed by atoms with Crippen LogP contribution in [0.1, 0.15) is 24.8 Å². The SMILES string of the molecule is C#Cc1cccc(Nc2ncnc3cc(OC)c(OCCCN4CCC5(CCNC5=O)C4)cc23)c1. The van der Waals surface area contributed by atoms with Gasteiger partial charge in [-0.3, -0.25) is 4.79 Å². The topological polar surface area (TPSA) is 88.6 Å². The molecule has 3 heterocycles. The maximum atomic E-state index is 12.2. The van der Waals surface area contributed by atoms with Crippen LogP contribution in [0.5, 0.6) is 11.5 Å². The van der Waals surface area contributed by atoms with Crippen LogP contribution in [0.2, 0.25) is 0 Å². The van der Waals surface area contributed by atoms with Crippen LogP contribution >= 0.6 is 0 Å². The number of carbonyl (C=O) groups excluding carboxylic acids is 1. The van der Waals surface area contributed by atoms with E-state index in [1.165, 1.54) is 6.33 Å². The molecule has 3 aromatic rings. The molecule has 0 bridgehead atoms. The molecule has 8 nitrogen and oxygen atoms in total. The van der Waals surface area contributed by atoms with Crippen molar-refractivity contribution in [2.45, 2.75) is 19.3 Å². The summed E-state index contributed by atoms with van der Waals surface area (Å²) in [4.78, 5) is 23.4. The molecule has 2 aliphatic heterocycles. The predicted octanol–water partition coefficient (Wildman–Crippen LogP) is 3.34. The van der Waals surface area contributed by atoms with Gasteiger partial charge in [-0.1, -0.05) is 12.0 Å². The number of rotatable bonds is 8. The maximum Gasteiger partial charge on any atom is 0.227 e. The number of hydrogen-bond acceptors (Lipinski definition) is 7. The van der Waals surface area contributed by atoms with Crippen LogP contribution < -0.4 is 20.1 Å². The third kappa shape index (κ3) is 4.73. The second-order valence-corrected chi connectivity index (χ2v) is 9.11. The van der Waals surface area contributed by atoms with Crippen molar-refractivity contribution >= 4 is 28.3 Å². The number of carbonyl (C=O) groups is 1. The largest absolute Gasteiger partial charge is 0.493 e. The second kappa shape index (κ2) is 9.80. The molecule has 1 unspecified atom stereocenters. The van der Waals surface area contributed by atoms with Gasteiger partial charge in [-0.05, 0) is 50.1 Å². The molecule has 2 saturated heterocycles. The van der Waals surface area contributed by atoms with Crippen LogP contribution in [0, 0.1) is 17.8 Å². The van der Waals surface area contributed by atoms with Crippen LogP contribution in [-0.4, -0.2) is 60.7 Å². The van der Waals surface area contributed by atoms with E-state index >= 15 is 0 Å². The number of benzene rings is 2. The average Bonchev–Trinajstić information content (AvgIpc) is 3.47. The fourth-order valence-electron chi connectivity index (χ4n) is 4.98. The summed E-state index contributed by atoms with van der Waals surface area (Å²) in [5, 5.41) is 7.14. The molecule has 2 fully saturated rings. The first kappa shape index (κ1) is 22.9. The van der Waals surface area contributed by atoms with Gasteiger partial charge in [0.1, 0.15) is 12.1 Å². The lowest BCUT2D eigenvalue weighted by Gasteiger charge is -2.21. The zero-order valence-corrected chi connectivity index (χ0v) is 19.8. The van der Waals surface area contributed by atoms with Crippen LogP contribution in [0.25, 0.3) is 10.9 Å². The Morgan fingerprint density at radius 2 is 2.14 bits per heavy atom. The van der Waals surface area contributed by atoms with Crippen LogP contribution in [0.3, 0.4) is 0 Å². The number of nitrogens with zero attached hydrogens (tertiary/aromatic N) is 3. The Labute approximate surface area is 205 Å². The van der Waals surface area contributed by atoms with Gasteiger partial charge in [0, 0.05) is 42.3 Å². The van der Waals surface area contributed by atoms with Gasteiger partial charge in [0.05, 0.1) is 24.6 Å². The molecule has 8 heteroatoms. The highest BCUT2D eigenvalue weighted by molar-refractivity contribution is 5.93. The van der Waals surface area contributed by atoms with Crippen molar-refractivity contribution in [3.8, 4) is 23.8 Å². The number of fused-ring (bicyclic) bond motifs is 1. The van der Waals surface area contributed by atoms with E-state index in [4.69, 9.17) is 15.9 Å². The number of aromatic nitrogens is 2. The number of methoxy groups -OCH3 is 1. The lowest BCUT2D eigenvalue weighted by molar-refractivity contribution is -0.127. The molecule has 0 aliphatic carbocycles. The maximum absolute atomic E-state index is 12.2. The molecular formula is C27H29N5O3. The molecule has 5 rings (SSSR count). The highest BCUT2D eigenvalue weighted by atomic mass is 16.5. The van der Waals surface area contributed by atoms with Crippen LogP contribution in [-0.2, 0) is 4.79 Å². The molecule has 1 spiro atoms. The van der Waals surface area contributed by atoms with E-state index in [9.17, 15) is 4.79 Å². The molecule has 0 saturated carbocycles. The Bertz CT molecular complexity index is 1290. The molecule has 1 atom stereocenters. The van der Waals surface area contributed by atoms with Gasteiger partial charge in [-0.25, -0.2) is 9.97 Å². The summed E-state index contributed by atoms with van der Waals surface area (Å²) in [6, 6.07) is 11.4. The number of nitrogens with one attached hydrogen (secondary N) is 2. The smallest absolute Gasteiger partial charge is 0.227 e. The summed E-state index contributed by atoms with van der Waals surface area (Å²) < 4.78 is 11.7. The summed E-state index contributed by atoms with van der Waals surface area (Å²) in [6.45, 7) is 4.03. The number of hydrogen-bond donors (Lipinski definition) is 2. The van der Waals surface area contributed by atoms with Crippen molar-refractivity contribution in [1.82, 2.24) is 20.2 Å². The highest BCUT2D eigenvalue weighted by Crippen LogP contribution is 2.37. The predicted molar refractivity (Wildman–Crippen MR) is 135 cm³/mol. The summed E-state index contributed by atoms with van der Waals surface area (Å²) in [7, 11) is 1.62. The third-order valence-electron chi connectivity index (χ3n) is 6.89. The number of ether oxygens (including phenoxy) is 2. The van der Waals surface area contributed by atoms with Gasteiger partial charge >= 0.3 is 0 Å². The minimum atomic E-state index is -0.175. The van der Waals surface area contributed by atoms with Gasteiger partial charge in [-0.15, -0.1) is 6.42 Å². The zero-order valence-electron chi connectivity index (χ0n) is 19.8. The minimum absolute atomic E-state index is 0.175. The van der Waals surface area contributed by atoms with E-state index in [1.54, 1.807) is 7.11 Å². The normalized spacial score (nSPS) is 19.6. The van der Waals surface area contributed by atoms with E-state index in [1.807, 2.05) is 36.4 Å². The Morgan fingerprint density at radius 1 is 1.23 bits per heavy atom. The summed E-state index contributed by atoms with van der Waals surface area (Å²) >= 11 is 0. The molecule has 0 radical (unpaired) electrons. The first-order valence-corrected chi connectivity index (χ1v) is 11.9. The van der Waals surface area contributed by atoms with Gasteiger partial charge in [0.15, 0.2) is 11.5 Å². The van der Waals surface area contributed by atoms with Gasteiger partial charge in [0.2, 0.25) is 5.91 Å². The van der Waals surface area contributed by atoms with Crippen molar-refractivity contribution in [3.05, 3.63) is 48.3 Å². The Morgan fingerprint density at radius 3 is 2.94 bits per heavy atom. The van der Waals surface area contributed by atoms with Gasteiger partial charge in [0.25, 0.3) is 0 Å². The average molecular weight is 472 g/mol. The van der Waals surface area contributed by atoms with E-state index in [2.05, 4.69) is 31.4 Å². The van der Waals surface area contributed by atoms with Crippen molar-refractivity contribution in [2.24, 2.45) is 5.41 Å². The summed E-state index contributed by atoms with van der Waals surface area (Å²) in [5.41, 5.74) is 2.21. The minimum Gasteiger partial charge on any atom is -0.493 e. The molecule has 180 valence electrons. The number of terminal acetylenes is 1. The Balaban J connectivity index is 1.26. The zero-order chi connectivity index (χ0) is 24.3. The first-order valence-electron chi connectivity index (χ1n) is 11.9. The quantitative estimate of drug-likeness (QED) is 0.385. The number of anilines is 2. The van der Waals surface area contributed by atoms with Crippen molar-refractivity contribution < 1.29 is 14.3 Å². The van der Waals surface area contributed by atoms with Gasteiger partial charge < -0.3 is 25.0 Å². The number of amides is 1. The Hall–Kier alpha value is -3.83. The second-order valence-electron chi connectivity index (χ2n) is 9.11. The van der Waals surface area contributed by atoms with E-state index in [-0.39, 0.29) is 11.3 Å². The number of likely N-dealkylation sites (tertiary alicyclic amines) is 1. The molecule has 2 aromatic carbocycles. The monoisotopic (exact) mass is 471 g/mol. The fraction of sp³-hybridized carbons (Fsp3) is 0.370. The van der Waals surface area contributed by atoms with E-state index in [0.29, 0.717) is 23.9 Å². The highest BCUT2D eigenvalue weighted by Gasteiger charge is 2.46. The molecule has 35 heavy (non-hydrogen) atoms. The van der Waals surface area contributed by atoms with Crippen molar-refractivity contribution in [2.75, 3.05) is 45.2 Å².